The monoisotopic (exact) mass is 541 g/mol. The molecule has 35 heavy (non-hydrogen) atoms. The van der Waals surface area contributed by atoms with Crippen molar-refractivity contribution in [3.05, 3.63) is 50.8 Å². The first kappa shape index (κ1) is 27.6. The lowest BCUT2D eigenvalue weighted by atomic mass is 9.96. The Hall–Kier alpha value is -2.01. The number of amides is 1. The van der Waals surface area contributed by atoms with E-state index in [1.165, 1.54) is 17.8 Å². The van der Waals surface area contributed by atoms with Gasteiger partial charge in [-0.15, -0.1) is 23.7 Å². The van der Waals surface area contributed by atoms with Gasteiger partial charge in [0.25, 0.3) is 0 Å². The average Bonchev–Trinajstić information content (AvgIpc) is 3.53. The summed E-state index contributed by atoms with van der Waals surface area (Å²) in [6.07, 6.45) is -2.24. The molecule has 1 aromatic heterocycles. The van der Waals surface area contributed by atoms with Gasteiger partial charge in [0.05, 0.1) is 23.6 Å². The second kappa shape index (κ2) is 10.9. The van der Waals surface area contributed by atoms with Crippen LogP contribution in [0.4, 0.5) is 26.3 Å². The van der Waals surface area contributed by atoms with Gasteiger partial charge in [-0.3, -0.25) is 9.79 Å². The molecule has 2 aromatic rings. The Labute approximate surface area is 208 Å². The molecule has 4 nitrogen and oxygen atoms in total. The Morgan fingerprint density at radius 2 is 1.57 bits per heavy atom. The van der Waals surface area contributed by atoms with Crippen molar-refractivity contribution in [2.24, 2.45) is 4.99 Å². The van der Waals surface area contributed by atoms with Crippen molar-refractivity contribution in [3.63, 3.8) is 0 Å². The summed E-state index contributed by atoms with van der Waals surface area (Å²) in [6.45, 7) is -0.432. The van der Waals surface area contributed by atoms with Crippen molar-refractivity contribution in [1.82, 2.24) is 9.88 Å². The number of thiazole rings is 1. The molecular formula is C23H26ClF6N3OS. The Kier molecular flexibility index (Phi) is 8.62. The molecule has 0 radical (unpaired) electrons. The molecule has 0 atom stereocenters. The van der Waals surface area contributed by atoms with Crippen LogP contribution in [0.5, 0.6) is 0 Å². The normalized spacial score (nSPS) is 17.8. The smallest absolute Gasteiger partial charge is 0.352 e. The van der Waals surface area contributed by atoms with E-state index < -0.39 is 35.9 Å². The van der Waals surface area contributed by atoms with E-state index in [2.05, 4.69) is 9.88 Å². The van der Waals surface area contributed by atoms with E-state index in [9.17, 15) is 31.1 Å². The van der Waals surface area contributed by atoms with Gasteiger partial charge < -0.3 is 9.88 Å². The zero-order valence-electron chi connectivity index (χ0n) is 18.7. The summed E-state index contributed by atoms with van der Waals surface area (Å²) in [5.74, 6) is -0.470. The first-order valence-electron chi connectivity index (χ1n) is 11.3. The fraction of sp³-hybridized carbons (Fsp3) is 0.565. The van der Waals surface area contributed by atoms with Crippen molar-refractivity contribution < 1.29 is 31.1 Å². The Morgan fingerprint density at radius 3 is 2.11 bits per heavy atom. The summed E-state index contributed by atoms with van der Waals surface area (Å²) < 4.78 is 80.4. The molecule has 0 aliphatic heterocycles. The standard InChI is InChI=1S/C23H25F6N3OS.ClH/c24-22(25,26)15-8-14(9-16(10-15)23(27,28)29)12-30-20(33)11-19-13-34-21(32(19)18-6-7-18)31-17-4-2-1-3-5-17;/h8-10,13,17-18H,1-7,11-12H2,(H,30,33);1H. The number of alkyl halides is 6. The first-order valence-corrected chi connectivity index (χ1v) is 12.2. The second-order valence-electron chi connectivity index (χ2n) is 8.90. The lowest BCUT2D eigenvalue weighted by Gasteiger charge is -2.17. The second-order valence-corrected chi connectivity index (χ2v) is 9.74. The van der Waals surface area contributed by atoms with Gasteiger partial charge in [-0.05, 0) is 49.4 Å². The third kappa shape index (κ3) is 7.25. The van der Waals surface area contributed by atoms with Crippen molar-refractivity contribution in [3.8, 4) is 0 Å². The van der Waals surface area contributed by atoms with E-state index in [1.807, 2.05) is 5.38 Å². The molecule has 1 aromatic carbocycles. The van der Waals surface area contributed by atoms with Gasteiger partial charge >= 0.3 is 12.4 Å². The van der Waals surface area contributed by atoms with E-state index in [-0.39, 0.29) is 42.5 Å². The minimum absolute atomic E-state index is 0. The predicted octanol–water partition coefficient (Wildman–Crippen LogP) is 6.44. The fourth-order valence-corrected chi connectivity index (χ4v) is 5.24. The molecule has 2 fully saturated rings. The summed E-state index contributed by atoms with van der Waals surface area (Å²) in [5, 5.41) is 4.34. The van der Waals surface area contributed by atoms with Gasteiger partial charge in [0, 0.05) is 23.7 Å². The number of carbonyl (C=O) groups is 1. The number of benzene rings is 1. The lowest BCUT2D eigenvalue weighted by molar-refractivity contribution is -0.143. The minimum atomic E-state index is -4.93. The van der Waals surface area contributed by atoms with Gasteiger partial charge in [-0.25, -0.2) is 0 Å². The van der Waals surface area contributed by atoms with E-state index >= 15 is 0 Å². The maximum Gasteiger partial charge on any atom is 0.416 e. The first-order chi connectivity index (χ1) is 16.0. The summed E-state index contributed by atoms with van der Waals surface area (Å²) in [5.41, 5.74) is -2.29. The lowest BCUT2D eigenvalue weighted by Crippen LogP contribution is -2.28. The van der Waals surface area contributed by atoms with Crippen molar-refractivity contribution in [2.45, 2.75) is 82.3 Å². The number of aromatic nitrogens is 1. The molecule has 194 valence electrons. The van der Waals surface area contributed by atoms with Crippen LogP contribution in [0.3, 0.4) is 0 Å². The molecule has 0 unspecified atom stereocenters. The minimum Gasteiger partial charge on any atom is -0.352 e. The fourth-order valence-electron chi connectivity index (χ4n) is 4.22. The predicted molar refractivity (Wildman–Crippen MR) is 122 cm³/mol. The van der Waals surface area contributed by atoms with Gasteiger partial charge in [0.1, 0.15) is 0 Å². The van der Waals surface area contributed by atoms with E-state index in [0.717, 1.165) is 49.0 Å². The quantitative estimate of drug-likeness (QED) is 0.421. The largest absolute Gasteiger partial charge is 0.416 e. The van der Waals surface area contributed by atoms with Crippen molar-refractivity contribution in [1.29, 1.82) is 0 Å². The molecule has 0 saturated heterocycles. The van der Waals surface area contributed by atoms with E-state index in [0.29, 0.717) is 12.1 Å². The molecule has 0 spiro atoms. The van der Waals surface area contributed by atoms with Gasteiger partial charge in [-0.2, -0.15) is 26.3 Å². The molecule has 1 heterocycles. The highest BCUT2D eigenvalue weighted by Gasteiger charge is 2.37. The van der Waals surface area contributed by atoms with Gasteiger partial charge in [0.15, 0.2) is 4.80 Å². The van der Waals surface area contributed by atoms with Crippen LogP contribution in [0.2, 0.25) is 0 Å². The van der Waals surface area contributed by atoms with Gasteiger partial charge in [-0.1, -0.05) is 19.3 Å². The molecule has 2 aliphatic rings. The zero-order valence-corrected chi connectivity index (χ0v) is 20.3. The number of hydrogen-bond donors (Lipinski definition) is 1. The van der Waals surface area contributed by atoms with Crippen LogP contribution in [-0.4, -0.2) is 16.5 Å². The molecular weight excluding hydrogens is 516 g/mol. The number of hydrogen-bond acceptors (Lipinski definition) is 3. The summed E-state index contributed by atoms with van der Waals surface area (Å²) in [7, 11) is 0. The number of nitrogens with zero attached hydrogens (tertiary/aromatic N) is 2. The van der Waals surface area contributed by atoms with Crippen molar-refractivity contribution in [2.75, 3.05) is 0 Å². The third-order valence-corrected chi connectivity index (χ3v) is 6.98. The molecule has 2 aliphatic carbocycles. The highest BCUT2D eigenvalue weighted by atomic mass is 35.5. The van der Waals surface area contributed by atoms with E-state index in [4.69, 9.17) is 4.99 Å². The molecule has 12 heteroatoms. The van der Waals surface area contributed by atoms with E-state index in [1.54, 1.807) is 0 Å². The zero-order chi connectivity index (χ0) is 24.5. The molecule has 0 bridgehead atoms. The highest BCUT2D eigenvalue weighted by Crippen LogP contribution is 2.37. The topological polar surface area (TPSA) is 46.4 Å². The Balaban J connectivity index is 0.00000342. The SMILES string of the molecule is Cl.O=C(Cc1csc(=NC2CCCCC2)n1C1CC1)NCc1cc(C(F)(F)F)cc(C(F)(F)F)c1. The number of halogens is 7. The molecule has 2 saturated carbocycles. The van der Waals surface area contributed by atoms with Crippen LogP contribution >= 0.6 is 23.7 Å². The highest BCUT2D eigenvalue weighted by molar-refractivity contribution is 7.07. The van der Waals surface area contributed by atoms with Crippen LogP contribution in [0.25, 0.3) is 0 Å². The van der Waals surface area contributed by atoms with Crippen LogP contribution in [-0.2, 0) is 30.1 Å². The van der Waals surface area contributed by atoms with Gasteiger partial charge in [0.2, 0.25) is 5.91 Å². The summed E-state index contributed by atoms with van der Waals surface area (Å²) in [6, 6.07) is 1.90. The number of carbonyl (C=O) groups excluding carboxylic acids is 1. The van der Waals surface area contributed by atoms with Crippen LogP contribution < -0.4 is 10.1 Å². The number of rotatable bonds is 6. The Bertz CT molecular complexity index is 1070. The maximum atomic E-state index is 13.1. The molecule has 4 rings (SSSR count). The Morgan fingerprint density at radius 1 is 0.971 bits per heavy atom. The number of nitrogens with one attached hydrogen (secondary N) is 1. The van der Waals surface area contributed by atoms with Crippen molar-refractivity contribution >= 4 is 29.7 Å². The average molecular weight is 542 g/mol. The van der Waals surface area contributed by atoms with Crippen LogP contribution in [0.1, 0.15) is 73.4 Å². The molecule has 1 N–H and O–H groups in total. The maximum absolute atomic E-state index is 13.1. The molecule has 1 amide bonds. The van der Waals surface area contributed by atoms with Crippen LogP contribution in [0.15, 0.2) is 28.6 Å². The van der Waals surface area contributed by atoms with Crippen LogP contribution in [0, 0.1) is 0 Å². The summed E-state index contributed by atoms with van der Waals surface area (Å²) in [4.78, 5) is 18.3. The third-order valence-electron chi connectivity index (χ3n) is 6.07. The summed E-state index contributed by atoms with van der Waals surface area (Å²) >= 11 is 1.47.